The van der Waals surface area contributed by atoms with E-state index in [-0.39, 0.29) is 35.0 Å². The minimum absolute atomic E-state index is 0.00856. The lowest BCUT2D eigenvalue weighted by atomic mass is 9.97. The molecule has 0 unspecified atom stereocenters. The summed E-state index contributed by atoms with van der Waals surface area (Å²) in [7, 11) is -3.73. The number of sulfonamides is 1. The number of ether oxygens (including phenoxy) is 1. The van der Waals surface area contributed by atoms with Crippen LogP contribution < -0.4 is 10.1 Å². The van der Waals surface area contributed by atoms with E-state index in [1.807, 2.05) is 13.0 Å². The Kier molecular flexibility index (Phi) is 7.63. The summed E-state index contributed by atoms with van der Waals surface area (Å²) in [6.45, 7) is 3.40. The molecule has 1 aliphatic heterocycles. The van der Waals surface area contributed by atoms with Gasteiger partial charge in [-0.1, -0.05) is 24.6 Å². The number of hydrogen-bond acceptors (Lipinski definition) is 6. The van der Waals surface area contributed by atoms with Gasteiger partial charge < -0.3 is 10.1 Å². The van der Waals surface area contributed by atoms with E-state index in [4.69, 9.17) is 16.3 Å². The van der Waals surface area contributed by atoms with Crippen LogP contribution in [0.4, 0.5) is 0 Å². The van der Waals surface area contributed by atoms with E-state index in [2.05, 4.69) is 15.3 Å². The molecule has 2 aromatic heterocycles. The number of rotatable bonds is 8. The van der Waals surface area contributed by atoms with Gasteiger partial charge in [0, 0.05) is 43.5 Å². The third-order valence-electron chi connectivity index (χ3n) is 4.91. The van der Waals surface area contributed by atoms with Gasteiger partial charge in [0.25, 0.3) is 0 Å². The average Bonchev–Trinajstić information content (AvgIpc) is 2.77. The van der Waals surface area contributed by atoms with E-state index in [1.54, 1.807) is 12.3 Å². The Morgan fingerprint density at radius 2 is 1.93 bits per heavy atom. The second-order valence-electron chi connectivity index (χ2n) is 7.00. The van der Waals surface area contributed by atoms with Crippen molar-refractivity contribution in [2.24, 2.45) is 5.92 Å². The molecule has 0 atom stereocenters. The first kappa shape index (κ1) is 22.5. The number of amides is 1. The summed E-state index contributed by atoms with van der Waals surface area (Å²) in [5.74, 6) is 0.170. The number of aromatic nitrogens is 2. The maximum absolute atomic E-state index is 12.8. The number of piperidine rings is 1. The summed E-state index contributed by atoms with van der Waals surface area (Å²) in [5, 5.41) is 2.88. The first-order valence-electron chi connectivity index (χ1n) is 9.88. The fourth-order valence-corrected chi connectivity index (χ4v) is 5.17. The maximum atomic E-state index is 12.8. The number of halogens is 1. The highest BCUT2D eigenvalue weighted by atomic mass is 35.5. The number of nitrogens with one attached hydrogen (secondary N) is 1. The molecule has 30 heavy (non-hydrogen) atoms. The Bertz CT molecular complexity index is 978. The lowest BCUT2D eigenvalue weighted by Crippen LogP contribution is -2.43. The standard InChI is InChI=1S/C20H25ClN4O4S/c1-2-13-29-20-16(5-3-10-23-20)14-24-19(26)15-7-11-25(12-8-15)30(27,28)17-6-4-9-22-18(17)21/h3-6,9-10,15H,2,7-8,11-14H2,1H3,(H,24,26). The quantitative estimate of drug-likeness (QED) is 0.618. The van der Waals surface area contributed by atoms with Crippen LogP contribution in [0.1, 0.15) is 31.7 Å². The molecule has 10 heteroatoms. The van der Waals surface area contributed by atoms with Crippen LogP contribution in [0.25, 0.3) is 0 Å². The summed E-state index contributed by atoms with van der Waals surface area (Å²) in [5.41, 5.74) is 0.811. The molecule has 0 aromatic carbocycles. The third kappa shape index (κ3) is 5.27. The number of hydrogen-bond donors (Lipinski definition) is 1. The number of nitrogens with zero attached hydrogens (tertiary/aromatic N) is 3. The van der Waals surface area contributed by atoms with Crippen molar-refractivity contribution in [3.05, 3.63) is 47.4 Å². The maximum Gasteiger partial charge on any atom is 0.246 e. The van der Waals surface area contributed by atoms with Crippen LogP contribution in [0.5, 0.6) is 5.88 Å². The van der Waals surface area contributed by atoms with Gasteiger partial charge in [-0.05, 0) is 37.5 Å². The van der Waals surface area contributed by atoms with Gasteiger partial charge in [-0.3, -0.25) is 4.79 Å². The van der Waals surface area contributed by atoms with Crippen molar-refractivity contribution in [1.82, 2.24) is 19.6 Å². The topological polar surface area (TPSA) is 101 Å². The first-order chi connectivity index (χ1) is 14.4. The van der Waals surface area contributed by atoms with Crippen LogP contribution >= 0.6 is 11.6 Å². The van der Waals surface area contributed by atoms with E-state index in [9.17, 15) is 13.2 Å². The van der Waals surface area contributed by atoms with Crippen LogP contribution in [0.2, 0.25) is 5.15 Å². The van der Waals surface area contributed by atoms with E-state index >= 15 is 0 Å². The van der Waals surface area contributed by atoms with Gasteiger partial charge in [0.2, 0.25) is 21.8 Å². The SMILES string of the molecule is CCCOc1ncccc1CNC(=O)C1CCN(S(=O)(=O)c2cccnc2Cl)CC1. The van der Waals surface area contributed by atoms with Crippen LogP contribution in [-0.2, 0) is 21.4 Å². The summed E-state index contributed by atoms with van der Waals surface area (Å²) in [6, 6.07) is 6.64. The predicted molar refractivity (Wildman–Crippen MR) is 113 cm³/mol. The van der Waals surface area contributed by atoms with Gasteiger partial charge in [-0.2, -0.15) is 4.31 Å². The Morgan fingerprint density at radius 1 is 1.23 bits per heavy atom. The number of carbonyl (C=O) groups is 1. The molecule has 1 amide bonds. The predicted octanol–water partition coefficient (Wildman–Crippen LogP) is 2.64. The van der Waals surface area contributed by atoms with Crippen molar-refractivity contribution in [1.29, 1.82) is 0 Å². The van der Waals surface area contributed by atoms with Crippen molar-refractivity contribution < 1.29 is 17.9 Å². The molecule has 1 fully saturated rings. The molecule has 0 saturated carbocycles. The highest BCUT2D eigenvalue weighted by Gasteiger charge is 2.33. The summed E-state index contributed by atoms with van der Waals surface area (Å²) < 4.78 is 32.6. The molecule has 8 nitrogen and oxygen atoms in total. The second-order valence-corrected chi connectivity index (χ2v) is 9.27. The molecule has 3 heterocycles. The first-order valence-corrected chi connectivity index (χ1v) is 11.7. The van der Waals surface area contributed by atoms with E-state index in [1.165, 1.54) is 22.6 Å². The lowest BCUT2D eigenvalue weighted by Gasteiger charge is -2.30. The van der Waals surface area contributed by atoms with Crippen molar-refractivity contribution in [2.75, 3.05) is 19.7 Å². The number of pyridine rings is 2. The zero-order chi connectivity index (χ0) is 21.6. The molecule has 0 aliphatic carbocycles. The fourth-order valence-electron chi connectivity index (χ4n) is 3.28. The Balaban J connectivity index is 1.56. The normalized spacial score (nSPS) is 15.7. The summed E-state index contributed by atoms with van der Waals surface area (Å²) in [6.07, 6.45) is 4.85. The molecule has 1 aliphatic rings. The van der Waals surface area contributed by atoms with Crippen LogP contribution in [0.3, 0.4) is 0 Å². The largest absolute Gasteiger partial charge is 0.477 e. The van der Waals surface area contributed by atoms with Gasteiger partial charge in [0.1, 0.15) is 10.0 Å². The highest BCUT2D eigenvalue weighted by Crippen LogP contribution is 2.27. The molecule has 0 radical (unpaired) electrons. The molecule has 0 bridgehead atoms. The molecule has 3 rings (SSSR count). The zero-order valence-corrected chi connectivity index (χ0v) is 18.3. The van der Waals surface area contributed by atoms with E-state index in [0.29, 0.717) is 31.9 Å². The van der Waals surface area contributed by atoms with Crippen molar-refractivity contribution in [3.8, 4) is 5.88 Å². The van der Waals surface area contributed by atoms with Crippen molar-refractivity contribution >= 4 is 27.5 Å². The van der Waals surface area contributed by atoms with Gasteiger partial charge in [0.05, 0.1) is 6.61 Å². The van der Waals surface area contributed by atoms with E-state index < -0.39 is 10.0 Å². The monoisotopic (exact) mass is 452 g/mol. The summed E-state index contributed by atoms with van der Waals surface area (Å²) in [4.78, 5) is 20.7. The average molecular weight is 453 g/mol. The minimum atomic E-state index is -3.73. The zero-order valence-electron chi connectivity index (χ0n) is 16.8. The van der Waals surface area contributed by atoms with Crippen molar-refractivity contribution in [2.45, 2.75) is 37.6 Å². The third-order valence-corrected chi connectivity index (χ3v) is 7.26. The molecular formula is C20H25ClN4O4S. The Morgan fingerprint density at radius 3 is 2.63 bits per heavy atom. The molecule has 162 valence electrons. The molecule has 0 spiro atoms. The molecule has 1 saturated heterocycles. The van der Waals surface area contributed by atoms with Crippen LogP contribution in [0.15, 0.2) is 41.6 Å². The molecule has 1 N–H and O–H groups in total. The van der Waals surface area contributed by atoms with Crippen molar-refractivity contribution in [3.63, 3.8) is 0 Å². The molecular weight excluding hydrogens is 428 g/mol. The Hall–Kier alpha value is -2.23. The minimum Gasteiger partial charge on any atom is -0.477 e. The van der Waals surface area contributed by atoms with E-state index in [0.717, 1.165) is 12.0 Å². The van der Waals surface area contributed by atoms with Gasteiger partial charge in [-0.25, -0.2) is 18.4 Å². The smallest absolute Gasteiger partial charge is 0.246 e. The van der Waals surface area contributed by atoms with Gasteiger partial charge in [-0.15, -0.1) is 0 Å². The lowest BCUT2D eigenvalue weighted by molar-refractivity contribution is -0.126. The van der Waals surface area contributed by atoms with Crippen LogP contribution in [0, 0.1) is 5.92 Å². The van der Waals surface area contributed by atoms with Gasteiger partial charge >= 0.3 is 0 Å². The summed E-state index contributed by atoms with van der Waals surface area (Å²) >= 11 is 5.95. The Labute approximate surface area is 181 Å². The fraction of sp³-hybridized carbons (Fsp3) is 0.450. The second kappa shape index (κ2) is 10.2. The highest BCUT2D eigenvalue weighted by molar-refractivity contribution is 7.89. The van der Waals surface area contributed by atoms with Crippen LogP contribution in [-0.4, -0.2) is 48.3 Å². The van der Waals surface area contributed by atoms with Gasteiger partial charge in [0.15, 0.2) is 0 Å². The molecule has 2 aromatic rings. The number of carbonyl (C=O) groups excluding carboxylic acids is 1.